The largest absolute Gasteiger partial charge is 0.405 e. The van der Waals surface area contributed by atoms with E-state index in [1.54, 1.807) is 12.1 Å². The highest BCUT2D eigenvalue weighted by atomic mass is 19.4. The topological polar surface area (TPSA) is 70.4 Å². The van der Waals surface area contributed by atoms with Crippen LogP contribution < -0.4 is 10.6 Å². The molecular formula is C17H19F3N4O2. The zero-order valence-corrected chi connectivity index (χ0v) is 13.9. The normalized spacial score (nSPS) is 17.0. The average Bonchev–Trinajstić information content (AvgIpc) is 3.12. The van der Waals surface area contributed by atoms with E-state index in [1.807, 2.05) is 18.2 Å². The molecule has 1 aliphatic heterocycles. The van der Waals surface area contributed by atoms with Crippen molar-refractivity contribution in [3.63, 3.8) is 0 Å². The molecule has 1 saturated heterocycles. The minimum Gasteiger partial charge on any atom is -0.350 e. The van der Waals surface area contributed by atoms with E-state index in [9.17, 15) is 18.0 Å². The Bertz CT molecular complexity index is 727. The number of alkyl halides is 3. The van der Waals surface area contributed by atoms with Gasteiger partial charge in [0.15, 0.2) is 0 Å². The van der Waals surface area contributed by atoms with Crippen LogP contribution in [0.15, 0.2) is 40.9 Å². The minimum atomic E-state index is -4.43. The van der Waals surface area contributed by atoms with Crippen molar-refractivity contribution in [3.8, 4) is 11.3 Å². The van der Waals surface area contributed by atoms with E-state index in [0.717, 1.165) is 5.56 Å². The Kier molecular flexibility index (Phi) is 5.58. The van der Waals surface area contributed by atoms with Gasteiger partial charge in [0.2, 0.25) is 5.76 Å². The number of hydrogen-bond acceptors (Lipinski definition) is 5. The number of benzene rings is 1. The molecule has 140 valence electrons. The number of halogens is 3. The highest BCUT2D eigenvalue weighted by Gasteiger charge is 2.43. The van der Waals surface area contributed by atoms with Crippen LogP contribution in [0, 0.1) is 0 Å². The van der Waals surface area contributed by atoms with Gasteiger partial charge in [-0.3, -0.25) is 9.69 Å². The lowest BCUT2D eigenvalue weighted by Gasteiger charge is -2.35. The smallest absolute Gasteiger partial charge is 0.350 e. The van der Waals surface area contributed by atoms with Crippen LogP contribution >= 0.6 is 0 Å². The van der Waals surface area contributed by atoms with Crippen molar-refractivity contribution in [2.45, 2.75) is 12.2 Å². The standard InChI is InChI=1S/C17H19F3N4O2/c18-17(19,20)15(24-8-6-21-7-9-24)11-22-16(25)14-10-13(23-26-14)12-4-2-1-3-5-12/h1-5,10,15,21H,6-9,11H2,(H,22,25). The first-order valence-corrected chi connectivity index (χ1v) is 8.27. The molecular weight excluding hydrogens is 349 g/mol. The summed E-state index contributed by atoms with van der Waals surface area (Å²) < 4.78 is 45.0. The molecule has 0 spiro atoms. The van der Waals surface area contributed by atoms with Crippen molar-refractivity contribution in [1.29, 1.82) is 0 Å². The molecule has 9 heteroatoms. The van der Waals surface area contributed by atoms with E-state index in [-0.39, 0.29) is 18.8 Å². The van der Waals surface area contributed by atoms with Crippen LogP contribution in [-0.4, -0.2) is 60.9 Å². The second-order valence-corrected chi connectivity index (χ2v) is 6.00. The molecule has 1 unspecified atom stereocenters. The van der Waals surface area contributed by atoms with Crippen LogP contribution in [0.4, 0.5) is 13.2 Å². The lowest BCUT2D eigenvalue weighted by atomic mass is 10.1. The highest BCUT2D eigenvalue weighted by Crippen LogP contribution is 2.25. The van der Waals surface area contributed by atoms with E-state index >= 15 is 0 Å². The third-order valence-electron chi connectivity index (χ3n) is 4.23. The molecule has 2 heterocycles. The molecule has 1 aromatic carbocycles. The van der Waals surface area contributed by atoms with Gasteiger partial charge in [-0.15, -0.1) is 0 Å². The van der Waals surface area contributed by atoms with Gasteiger partial charge in [-0.05, 0) is 0 Å². The number of nitrogens with one attached hydrogen (secondary N) is 2. The van der Waals surface area contributed by atoms with Crippen molar-refractivity contribution in [2.24, 2.45) is 0 Å². The third kappa shape index (κ3) is 4.41. The van der Waals surface area contributed by atoms with Crippen molar-refractivity contribution in [2.75, 3.05) is 32.7 Å². The van der Waals surface area contributed by atoms with E-state index < -0.39 is 24.7 Å². The molecule has 6 nitrogen and oxygen atoms in total. The van der Waals surface area contributed by atoms with E-state index in [2.05, 4.69) is 15.8 Å². The second-order valence-electron chi connectivity index (χ2n) is 6.00. The Balaban J connectivity index is 1.64. The number of nitrogens with zero attached hydrogens (tertiary/aromatic N) is 2. The van der Waals surface area contributed by atoms with Gasteiger partial charge in [-0.1, -0.05) is 35.5 Å². The maximum Gasteiger partial charge on any atom is 0.405 e. The van der Waals surface area contributed by atoms with Crippen molar-refractivity contribution < 1.29 is 22.5 Å². The highest BCUT2D eigenvalue weighted by molar-refractivity contribution is 5.92. The fraction of sp³-hybridized carbons (Fsp3) is 0.412. The van der Waals surface area contributed by atoms with E-state index in [1.165, 1.54) is 11.0 Å². The van der Waals surface area contributed by atoms with Gasteiger partial charge in [-0.2, -0.15) is 13.2 Å². The Morgan fingerprint density at radius 3 is 2.62 bits per heavy atom. The van der Waals surface area contributed by atoms with Crippen LogP contribution in [-0.2, 0) is 0 Å². The van der Waals surface area contributed by atoms with E-state index in [4.69, 9.17) is 4.52 Å². The molecule has 26 heavy (non-hydrogen) atoms. The first-order chi connectivity index (χ1) is 12.4. The van der Waals surface area contributed by atoms with Gasteiger partial charge in [0, 0.05) is 44.4 Å². The van der Waals surface area contributed by atoms with Gasteiger partial charge in [-0.25, -0.2) is 0 Å². The molecule has 1 fully saturated rings. The molecule has 1 aromatic heterocycles. The molecule has 0 aliphatic carbocycles. The van der Waals surface area contributed by atoms with Crippen LogP contribution in [0.5, 0.6) is 0 Å². The number of aromatic nitrogens is 1. The van der Waals surface area contributed by atoms with Gasteiger partial charge < -0.3 is 15.2 Å². The summed E-state index contributed by atoms with van der Waals surface area (Å²) in [5.74, 6) is -0.839. The predicted molar refractivity (Wildman–Crippen MR) is 88.6 cm³/mol. The maximum absolute atomic E-state index is 13.3. The number of carbonyl (C=O) groups excluding carboxylic acids is 1. The van der Waals surface area contributed by atoms with Crippen LogP contribution in [0.3, 0.4) is 0 Å². The lowest BCUT2D eigenvalue weighted by Crippen LogP contribution is -2.57. The number of rotatable bonds is 5. The molecule has 1 amide bonds. The monoisotopic (exact) mass is 368 g/mol. The van der Waals surface area contributed by atoms with Crippen LogP contribution in [0.2, 0.25) is 0 Å². The Morgan fingerprint density at radius 2 is 1.96 bits per heavy atom. The molecule has 2 N–H and O–H groups in total. The second kappa shape index (κ2) is 7.88. The third-order valence-corrected chi connectivity index (χ3v) is 4.23. The average molecular weight is 368 g/mol. The molecule has 0 bridgehead atoms. The number of carbonyl (C=O) groups is 1. The number of piperazine rings is 1. The first kappa shape index (κ1) is 18.4. The first-order valence-electron chi connectivity index (χ1n) is 8.27. The summed E-state index contributed by atoms with van der Waals surface area (Å²) >= 11 is 0. The fourth-order valence-electron chi connectivity index (χ4n) is 2.85. The van der Waals surface area contributed by atoms with Gasteiger partial charge in [0.25, 0.3) is 5.91 Å². The fourth-order valence-corrected chi connectivity index (χ4v) is 2.85. The Hall–Kier alpha value is -2.39. The molecule has 3 rings (SSSR count). The summed E-state index contributed by atoms with van der Waals surface area (Å²) in [6.07, 6.45) is -4.43. The van der Waals surface area contributed by atoms with Crippen molar-refractivity contribution in [3.05, 3.63) is 42.2 Å². The van der Waals surface area contributed by atoms with Gasteiger partial charge in [0.1, 0.15) is 11.7 Å². The van der Waals surface area contributed by atoms with Gasteiger partial charge in [0.05, 0.1) is 0 Å². The SMILES string of the molecule is O=C(NCC(N1CCNCC1)C(F)(F)F)c1cc(-c2ccccc2)no1. The van der Waals surface area contributed by atoms with E-state index in [0.29, 0.717) is 18.8 Å². The zero-order valence-electron chi connectivity index (χ0n) is 13.9. The molecule has 0 saturated carbocycles. The molecule has 1 aliphatic rings. The summed E-state index contributed by atoms with van der Waals surface area (Å²) in [4.78, 5) is 13.5. The Labute approximate surface area is 148 Å². The van der Waals surface area contributed by atoms with Gasteiger partial charge >= 0.3 is 6.18 Å². The molecule has 0 radical (unpaired) electrons. The lowest BCUT2D eigenvalue weighted by molar-refractivity contribution is -0.183. The summed E-state index contributed by atoms with van der Waals surface area (Å²) in [7, 11) is 0. The zero-order chi connectivity index (χ0) is 18.6. The summed E-state index contributed by atoms with van der Waals surface area (Å²) in [5.41, 5.74) is 1.20. The maximum atomic E-state index is 13.3. The summed E-state index contributed by atoms with van der Waals surface area (Å²) in [5, 5.41) is 9.12. The summed E-state index contributed by atoms with van der Waals surface area (Å²) in [6, 6.07) is 8.73. The number of hydrogen-bond donors (Lipinski definition) is 2. The van der Waals surface area contributed by atoms with Crippen molar-refractivity contribution >= 4 is 5.91 Å². The van der Waals surface area contributed by atoms with Crippen molar-refractivity contribution in [1.82, 2.24) is 20.7 Å². The van der Waals surface area contributed by atoms with Crippen LogP contribution in [0.25, 0.3) is 11.3 Å². The quantitative estimate of drug-likeness (QED) is 0.844. The minimum absolute atomic E-state index is 0.120. The number of amides is 1. The predicted octanol–water partition coefficient (Wildman–Crippen LogP) is 1.91. The molecule has 1 atom stereocenters. The Morgan fingerprint density at radius 1 is 1.27 bits per heavy atom. The molecule has 2 aromatic rings. The summed E-state index contributed by atoms with van der Waals surface area (Å²) in [6.45, 7) is 0.997. The van der Waals surface area contributed by atoms with Crippen LogP contribution in [0.1, 0.15) is 10.6 Å².